The first-order valence-corrected chi connectivity index (χ1v) is 5.55. The fraction of sp³-hybridized carbons (Fsp3) is 0.833. The van der Waals surface area contributed by atoms with Gasteiger partial charge in [0.05, 0.1) is 0 Å². The summed E-state index contributed by atoms with van der Waals surface area (Å²) in [5, 5.41) is 3.56. The third-order valence-electron chi connectivity index (χ3n) is 3.01. The van der Waals surface area contributed by atoms with Gasteiger partial charge in [0.2, 0.25) is 0 Å². The summed E-state index contributed by atoms with van der Waals surface area (Å²) >= 11 is 0. The highest BCUT2D eigenvalue weighted by Gasteiger charge is 2.21. The van der Waals surface area contributed by atoms with Gasteiger partial charge in [0.15, 0.2) is 0 Å². The molecule has 1 aliphatic rings. The normalized spacial score (nSPS) is 29.2. The molecule has 2 unspecified atom stereocenters. The Bertz CT molecular complexity index is 168. The van der Waals surface area contributed by atoms with Crippen LogP contribution >= 0.6 is 0 Å². The number of terminal acetylenes is 1. The molecular weight excluding hydrogens is 158 g/mol. The maximum Gasteiger partial charge on any atom is 0.0129 e. The van der Waals surface area contributed by atoms with E-state index in [2.05, 4.69) is 18.2 Å². The van der Waals surface area contributed by atoms with E-state index in [1.54, 1.807) is 0 Å². The van der Waals surface area contributed by atoms with E-state index in [4.69, 9.17) is 6.42 Å². The standard InChI is InChI=1S/C12H21N/c1-3-8-11-9-6-5-7-10-12(11)13-4-2/h1,11-13H,4-10H2,2H3. The van der Waals surface area contributed by atoms with E-state index in [9.17, 15) is 0 Å². The second kappa shape index (κ2) is 6.05. The van der Waals surface area contributed by atoms with Crippen molar-refractivity contribution in [1.29, 1.82) is 0 Å². The maximum atomic E-state index is 5.39. The molecule has 0 radical (unpaired) electrons. The molecule has 1 N–H and O–H groups in total. The van der Waals surface area contributed by atoms with Crippen molar-refractivity contribution >= 4 is 0 Å². The Morgan fingerprint density at radius 2 is 2.08 bits per heavy atom. The van der Waals surface area contributed by atoms with Gasteiger partial charge in [0.25, 0.3) is 0 Å². The zero-order valence-electron chi connectivity index (χ0n) is 8.68. The molecule has 1 saturated carbocycles. The molecule has 0 bridgehead atoms. The van der Waals surface area contributed by atoms with Crippen molar-refractivity contribution in [3.8, 4) is 12.3 Å². The summed E-state index contributed by atoms with van der Waals surface area (Å²) in [5.41, 5.74) is 0. The minimum absolute atomic E-state index is 0.684. The lowest BCUT2D eigenvalue weighted by atomic mass is 9.92. The quantitative estimate of drug-likeness (QED) is 0.518. The summed E-state index contributed by atoms with van der Waals surface area (Å²) < 4.78 is 0. The van der Waals surface area contributed by atoms with Crippen LogP contribution in [0.25, 0.3) is 0 Å². The van der Waals surface area contributed by atoms with Gasteiger partial charge in [-0.2, -0.15) is 0 Å². The molecule has 0 heterocycles. The Hall–Kier alpha value is -0.480. The SMILES string of the molecule is C#CCC1CCCCCC1NCC. The van der Waals surface area contributed by atoms with Gasteiger partial charge >= 0.3 is 0 Å². The second-order valence-electron chi connectivity index (χ2n) is 3.97. The van der Waals surface area contributed by atoms with E-state index in [0.29, 0.717) is 6.04 Å². The Labute approximate surface area is 82.3 Å². The number of rotatable bonds is 3. The van der Waals surface area contributed by atoms with Crippen molar-refractivity contribution in [2.24, 2.45) is 5.92 Å². The summed E-state index contributed by atoms with van der Waals surface area (Å²) in [7, 11) is 0. The van der Waals surface area contributed by atoms with Gasteiger partial charge < -0.3 is 5.32 Å². The van der Waals surface area contributed by atoms with E-state index >= 15 is 0 Å². The molecule has 1 heteroatoms. The molecule has 0 aromatic heterocycles. The number of hydrogen-bond acceptors (Lipinski definition) is 1. The molecule has 1 aliphatic carbocycles. The van der Waals surface area contributed by atoms with Crippen LogP contribution in [0.4, 0.5) is 0 Å². The van der Waals surface area contributed by atoms with Gasteiger partial charge in [0.1, 0.15) is 0 Å². The molecule has 2 atom stereocenters. The highest BCUT2D eigenvalue weighted by atomic mass is 14.9. The molecule has 0 spiro atoms. The Morgan fingerprint density at radius 1 is 1.31 bits per heavy atom. The van der Waals surface area contributed by atoms with Crippen molar-refractivity contribution in [1.82, 2.24) is 5.32 Å². The molecule has 74 valence electrons. The topological polar surface area (TPSA) is 12.0 Å². The molecule has 0 saturated heterocycles. The average molecular weight is 179 g/mol. The summed E-state index contributed by atoms with van der Waals surface area (Å²) in [6.07, 6.45) is 13.1. The summed E-state index contributed by atoms with van der Waals surface area (Å²) in [6.45, 7) is 3.25. The van der Waals surface area contributed by atoms with E-state index in [1.807, 2.05) is 0 Å². The van der Waals surface area contributed by atoms with Crippen LogP contribution in [0.5, 0.6) is 0 Å². The van der Waals surface area contributed by atoms with E-state index in [1.165, 1.54) is 32.1 Å². The zero-order chi connectivity index (χ0) is 9.52. The van der Waals surface area contributed by atoms with Crippen molar-refractivity contribution in [2.45, 2.75) is 51.5 Å². The van der Waals surface area contributed by atoms with Gasteiger partial charge in [-0.25, -0.2) is 0 Å². The Balaban J connectivity index is 2.46. The van der Waals surface area contributed by atoms with Crippen LogP contribution in [0.2, 0.25) is 0 Å². The molecule has 1 nitrogen and oxygen atoms in total. The van der Waals surface area contributed by atoms with E-state index < -0.39 is 0 Å². The van der Waals surface area contributed by atoms with Gasteiger partial charge in [0, 0.05) is 12.5 Å². The Morgan fingerprint density at radius 3 is 2.77 bits per heavy atom. The van der Waals surface area contributed by atoms with Gasteiger partial charge in [-0.1, -0.05) is 26.2 Å². The fourth-order valence-corrected chi connectivity index (χ4v) is 2.31. The molecule has 0 amide bonds. The summed E-state index contributed by atoms with van der Waals surface area (Å²) in [4.78, 5) is 0. The van der Waals surface area contributed by atoms with Crippen molar-refractivity contribution in [2.75, 3.05) is 6.54 Å². The number of nitrogens with one attached hydrogen (secondary N) is 1. The first kappa shape index (κ1) is 10.6. The van der Waals surface area contributed by atoms with Crippen molar-refractivity contribution in [3.63, 3.8) is 0 Å². The zero-order valence-corrected chi connectivity index (χ0v) is 8.68. The fourth-order valence-electron chi connectivity index (χ4n) is 2.31. The molecule has 0 aliphatic heterocycles. The average Bonchev–Trinajstić information content (AvgIpc) is 2.33. The van der Waals surface area contributed by atoms with Crippen LogP contribution < -0.4 is 5.32 Å². The largest absolute Gasteiger partial charge is 0.314 e. The predicted molar refractivity (Wildman–Crippen MR) is 57.5 cm³/mol. The number of hydrogen-bond donors (Lipinski definition) is 1. The van der Waals surface area contributed by atoms with Crippen LogP contribution in [-0.2, 0) is 0 Å². The second-order valence-corrected chi connectivity index (χ2v) is 3.97. The van der Waals surface area contributed by atoms with Gasteiger partial charge in [-0.05, 0) is 25.3 Å². The predicted octanol–water partition coefficient (Wildman–Crippen LogP) is 2.57. The third kappa shape index (κ3) is 3.40. The van der Waals surface area contributed by atoms with Crippen LogP contribution in [0.1, 0.15) is 45.4 Å². The lowest BCUT2D eigenvalue weighted by Crippen LogP contribution is -2.35. The highest BCUT2D eigenvalue weighted by Crippen LogP contribution is 2.25. The first-order chi connectivity index (χ1) is 6.38. The smallest absolute Gasteiger partial charge is 0.0129 e. The maximum absolute atomic E-state index is 5.39. The highest BCUT2D eigenvalue weighted by molar-refractivity contribution is 4.91. The first-order valence-electron chi connectivity index (χ1n) is 5.55. The molecular formula is C12H21N. The van der Waals surface area contributed by atoms with Crippen LogP contribution in [0.3, 0.4) is 0 Å². The van der Waals surface area contributed by atoms with Crippen LogP contribution in [-0.4, -0.2) is 12.6 Å². The lowest BCUT2D eigenvalue weighted by molar-refractivity contribution is 0.345. The monoisotopic (exact) mass is 179 g/mol. The molecule has 0 aromatic carbocycles. The van der Waals surface area contributed by atoms with Crippen LogP contribution in [0.15, 0.2) is 0 Å². The lowest BCUT2D eigenvalue weighted by Gasteiger charge is -2.23. The van der Waals surface area contributed by atoms with Crippen molar-refractivity contribution < 1.29 is 0 Å². The van der Waals surface area contributed by atoms with Gasteiger partial charge in [-0.15, -0.1) is 12.3 Å². The minimum Gasteiger partial charge on any atom is -0.314 e. The Kier molecular flexibility index (Phi) is 4.93. The van der Waals surface area contributed by atoms with Gasteiger partial charge in [-0.3, -0.25) is 0 Å². The molecule has 1 rings (SSSR count). The summed E-state index contributed by atoms with van der Waals surface area (Å²) in [5.74, 6) is 3.54. The molecule has 1 fully saturated rings. The van der Waals surface area contributed by atoms with Crippen molar-refractivity contribution in [3.05, 3.63) is 0 Å². The third-order valence-corrected chi connectivity index (χ3v) is 3.01. The molecule has 13 heavy (non-hydrogen) atoms. The van der Waals surface area contributed by atoms with E-state index in [-0.39, 0.29) is 0 Å². The van der Waals surface area contributed by atoms with Crippen LogP contribution in [0, 0.1) is 18.3 Å². The van der Waals surface area contributed by atoms with E-state index in [0.717, 1.165) is 18.9 Å². The molecule has 0 aromatic rings. The minimum atomic E-state index is 0.684. The summed E-state index contributed by atoms with van der Waals surface area (Å²) in [6, 6.07) is 0.684.